The van der Waals surface area contributed by atoms with Crippen LogP contribution < -0.4 is 0 Å². The maximum atomic E-state index is 11.5. The highest BCUT2D eigenvalue weighted by Gasteiger charge is 2.08. The molecule has 0 N–H and O–H groups in total. The van der Waals surface area contributed by atoms with Crippen molar-refractivity contribution in [2.24, 2.45) is 0 Å². The van der Waals surface area contributed by atoms with Crippen LogP contribution in [0.5, 0.6) is 0 Å². The highest BCUT2D eigenvalue weighted by atomic mass is 32.1. The Morgan fingerprint density at radius 1 is 1.38 bits per heavy atom. The van der Waals surface area contributed by atoms with Crippen molar-refractivity contribution >= 4 is 29.9 Å². The first-order valence-corrected chi connectivity index (χ1v) is 7.01. The number of hydrogen-bond donors (Lipinski definition) is 1. The largest absolute Gasteiger partial charge is 0.462 e. The molecule has 1 aromatic rings. The van der Waals surface area contributed by atoms with Crippen LogP contribution in [-0.4, -0.2) is 12.6 Å². The Morgan fingerprint density at radius 3 is 2.75 bits per heavy atom. The van der Waals surface area contributed by atoms with Gasteiger partial charge < -0.3 is 4.74 Å². The molecule has 1 rings (SSSR count). The lowest BCUT2D eigenvalue weighted by Crippen LogP contribution is -2.04. The lowest BCUT2D eigenvalue weighted by atomic mass is 10.2. The number of thiol groups is 1. The third kappa shape index (κ3) is 5.03. The molecule has 1 heterocycles. The fourth-order valence-electron chi connectivity index (χ4n) is 1.37. The van der Waals surface area contributed by atoms with Crippen molar-refractivity contribution in [3.8, 4) is 0 Å². The first kappa shape index (κ1) is 13.6. The molecule has 0 bridgehead atoms. The highest BCUT2D eigenvalue weighted by Crippen LogP contribution is 2.18. The van der Waals surface area contributed by atoms with Gasteiger partial charge in [0.2, 0.25) is 0 Å². The lowest BCUT2D eigenvalue weighted by molar-refractivity contribution is 0.0503. The first-order valence-electron chi connectivity index (χ1n) is 5.68. The zero-order valence-electron chi connectivity index (χ0n) is 9.57. The van der Waals surface area contributed by atoms with Crippen molar-refractivity contribution in [2.45, 2.75) is 43.9 Å². The van der Waals surface area contributed by atoms with Gasteiger partial charge in [-0.15, -0.1) is 24.0 Å². The number of esters is 1. The van der Waals surface area contributed by atoms with Crippen molar-refractivity contribution in [3.63, 3.8) is 0 Å². The van der Waals surface area contributed by atoms with Crippen LogP contribution >= 0.6 is 24.0 Å². The summed E-state index contributed by atoms with van der Waals surface area (Å²) in [5.74, 6) is -0.221. The number of hydrogen-bond acceptors (Lipinski definition) is 4. The Hall–Kier alpha value is -0.480. The van der Waals surface area contributed by atoms with Gasteiger partial charge in [-0.25, -0.2) is 4.79 Å². The van der Waals surface area contributed by atoms with Crippen LogP contribution in [0.15, 0.2) is 16.3 Å². The van der Waals surface area contributed by atoms with E-state index in [2.05, 4.69) is 19.6 Å². The van der Waals surface area contributed by atoms with Gasteiger partial charge in [-0.3, -0.25) is 0 Å². The third-order valence-corrected chi connectivity index (χ3v) is 3.61. The van der Waals surface area contributed by atoms with E-state index in [-0.39, 0.29) is 5.97 Å². The van der Waals surface area contributed by atoms with Crippen LogP contribution in [0, 0.1) is 0 Å². The quantitative estimate of drug-likeness (QED) is 0.451. The van der Waals surface area contributed by atoms with Crippen LogP contribution in [-0.2, 0) is 4.74 Å². The number of thiophene rings is 1. The van der Waals surface area contributed by atoms with Crippen LogP contribution in [0.2, 0.25) is 0 Å². The molecule has 0 aliphatic rings. The number of ether oxygens (including phenoxy) is 1. The first-order chi connectivity index (χ1) is 7.74. The minimum Gasteiger partial charge on any atom is -0.462 e. The predicted octanol–water partition coefficient (Wildman–Crippen LogP) is 4.16. The molecule has 1 aromatic heterocycles. The van der Waals surface area contributed by atoms with Crippen LogP contribution in [0.4, 0.5) is 0 Å². The van der Waals surface area contributed by atoms with Crippen molar-refractivity contribution < 1.29 is 9.53 Å². The SMILES string of the molecule is CCCCCCCOC(=O)c1cc(S)cs1. The van der Waals surface area contributed by atoms with E-state index in [0.29, 0.717) is 11.5 Å². The van der Waals surface area contributed by atoms with E-state index < -0.39 is 0 Å². The summed E-state index contributed by atoms with van der Waals surface area (Å²) < 4.78 is 5.16. The van der Waals surface area contributed by atoms with E-state index in [1.807, 2.05) is 5.38 Å². The van der Waals surface area contributed by atoms with Crippen molar-refractivity contribution in [3.05, 3.63) is 16.3 Å². The van der Waals surface area contributed by atoms with Gasteiger partial charge in [-0.1, -0.05) is 32.6 Å². The van der Waals surface area contributed by atoms with Gasteiger partial charge in [0.05, 0.1) is 6.61 Å². The van der Waals surface area contributed by atoms with Gasteiger partial charge in [-0.2, -0.15) is 0 Å². The van der Waals surface area contributed by atoms with Gasteiger partial charge in [0.25, 0.3) is 0 Å². The summed E-state index contributed by atoms with van der Waals surface area (Å²) in [5.41, 5.74) is 0. The molecule has 16 heavy (non-hydrogen) atoms. The van der Waals surface area contributed by atoms with Gasteiger partial charge >= 0.3 is 5.97 Å². The van der Waals surface area contributed by atoms with E-state index in [9.17, 15) is 4.79 Å². The molecule has 0 aliphatic carbocycles. The Labute approximate surface area is 106 Å². The molecule has 90 valence electrons. The average molecular weight is 258 g/mol. The molecule has 0 atom stereocenters. The van der Waals surface area contributed by atoms with Gasteiger partial charge in [0, 0.05) is 10.3 Å². The maximum Gasteiger partial charge on any atom is 0.348 e. The van der Waals surface area contributed by atoms with E-state index >= 15 is 0 Å². The van der Waals surface area contributed by atoms with E-state index in [1.54, 1.807) is 6.07 Å². The Kier molecular flexibility index (Phi) is 6.57. The minimum atomic E-state index is -0.221. The second kappa shape index (κ2) is 7.74. The van der Waals surface area contributed by atoms with E-state index in [4.69, 9.17) is 4.74 Å². The summed E-state index contributed by atoms with van der Waals surface area (Å²) in [6, 6.07) is 1.74. The third-order valence-electron chi connectivity index (χ3n) is 2.27. The topological polar surface area (TPSA) is 26.3 Å². The Balaban J connectivity index is 2.11. The van der Waals surface area contributed by atoms with E-state index in [1.165, 1.54) is 30.6 Å². The second-order valence-corrected chi connectivity index (χ2v) is 5.15. The Bertz CT molecular complexity index is 321. The average Bonchev–Trinajstić information content (AvgIpc) is 2.70. The molecule has 4 heteroatoms. The second-order valence-electron chi connectivity index (χ2n) is 3.72. The molecule has 0 fully saturated rings. The van der Waals surface area contributed by atoms with Crippen LogP contribution in [0.25, 0.3) is 0 Å². The normalized spacial score (nSPS) is 10.4. The number of carbonyl (C=O) groups is 1. The molecule has 0 unspecified atom stereocenters. The predicted molar refractivity (Wildman–Crippen MR) is 70.6 cm³/mol. The summed E-state index contributed by atoms with van der Waals surface area (Å²) >= 11 is 5.53. The summed E-state index contributed by atoms with van der Waals surface area (Å²) in [7, 11) is 0. The number of unbranched alkanes of at least 4 members (excludes halogenated alkanes) is 4. The van der Waals surface area contributed by atoms with E-state index in [0.717, 1.165) is 17.7 Å². The standard InChI is InChI=1S/C12H18O2S2/c1-2-3-4-5-6-7-14-12(13)11-8-10(15)9-16-11/h8-9,15H,2-7H2,1H3. The highest BCUT2D eigenvalue weighted by molar-refractivity contribution is 7.80. The zero-order chi connectivity index (χ0) is 11.8. The fourth-order valence-corrected chi connectivity index (χ4v) is 2.42. The van der Waals surface area contributed by atoms with Crippen molar-refractivity contribution in [2.75, 3.05) is 6.61 Å². The molecule has 0 radical (unpaired) electrons. The number of rotatable bonds is 7. The lowest BCUT2D eigenvalue weighted by Gasteiger charge is -2.02. The molecule has 0 aliphatic heterocycles. The molecular weight excluding hydrogens is 240 g/mol. The van der Waals surface area contributed by atoms with Crippen molar-refractivity contribution in [1.29, 1.82) is 0 Å². The smallest absolute Gasteiger partial charge is 0.348 e. The number of carbonyl (C=O) groups excluding carboxylic acids is 1. The molecule has 0 amide bonds. The van der Waals surface area contributed by atoms with Gasteiger partial charge in [0.1, 0.15) is 4.88 Å². The molecule has 0 saturated heterocycles. The molecule has 0 saturated carbocycles. The summed E-state index contributed by atoms with van der Waals surface area (Å²) in [6.45, 7) is 2.72. The zero-order valence-corrected chi connectivity index (χ0v) is 11.3. The minimum absolute atomic E-state index is 0.221. The maximum absolute atomic E-state index is 11.5. The molecule has 2 nitrogen and oxygen atoms in total. The summed E-state index contributed by atoms with van der Waals surface area (Å²) in [6.07, 6.45) is 5.84. The fraction of sp³-hybridized carbons (Fsp3) is 0.583. The summed E-state index contributed by atoms with van der Waals surface area (Å²) in [4.78, 5) is 13.0. The van der Waals surface area contributed by atoms with Crippen molar-refractivity contribution in [1.82, 2.24) is 0 Å². The van der Waals surface area contributed by atoms with Gasteiger partial charge in [0.15, 0.2) is 0 Å². The Morgan fingerprint density at radius 2 is 2.12 bits per heavy atom. The molecule has 0 spiro atoms. The molecular formula is C12H18O2S2. The van der Waals surface area contributed by atoms with Crippen LogP contribution in [0.3, 0.4) is 0 Å². The summed E-state index contributed by atoms with van der Waals surface area (Å²) in [5, 5.41) is 1.83. The monoisotopic (exact) mass is 258 g/mol. The molecule has 0 aromatic carbocycles. The van der Waals surface area contributed by atoms with Crippen LogP contribution in [0.1, 0.15) is 48.7 Å². The van der Waals surface area contributed by atoms with Gasteiger partial charge in [-0.05, 0) is 12.5 Å².